The van der Waals surface area contributed by atoms with Crippen molar-refractivity contribution in [3.05, 3.63) is 33.9 Å². The molecule has 0 bridgehead atoms. The number of para-hydroxylation sites is 1. The SMILES string of the molecule is Cc1cccc([N+](=O)[O-])c1OCC(O)CNC(C)C. The molecule has 106 valence electrons. The Morgan fingerprint density at radius 1 is 1.47 bits per heavy atom. The van der Waals surface area contributed by atoms with E-state index in [0.717, 1.165) is 0 Å². The molecule has 0 amide bonds. The van der Waals surface area contributed by atoms with Crippen molar-refractivity contribution in [2.75, 3.05) is 13.2 Å². The minimum atomic E-state index is -0.707. The van der Waals surface area contributed by atoms with Gasteiger partial charge in [0.1, 0.15) is 12.7 Å². The first-order chi connectivity index (χ1) is 8.91. The summed E-state index contributed by atoms with van der Waals surface area (Å²) >= 11 is 0. The van der Waals surface area contributed by atoms with Gasteiger partial charge in [-0.05, 0) is 12.5 Å². The molecule has 6 nitrogen and oxygen atoms in total. The molecule has 6 heteroatoms. The second kappa shape index (κ2) is 7.06. The van der Waals surface area contributed by atoms with Crippen LogP contribution < -0.4 is 10.1 Å². The molecule has 0 aliphatic heterocycles. The van der Waals surface area contributed by atoms with Crippen LogP contribution in [0.25, 0.3) is 0 Å². The van der Waals surface area contributed by atoms with E-state index in [-0.39, 0.29) is 24.1 Å². The summed E-state index contributed by atoms with van der Waals surface area (Å²) in [5.74, 6) is 0.219. The average molecular weight is 268 g/mol. The second-order valence-electron chi connectivity index (χ2n) is 4.71. The number of nitrogens with zero attached hydrogens (tertiary/aromatic N) is 1. The monoisotopic (exact) mass is 268 g/mol. The topological polar surface area (TPSA) is 84.6 Å². The third-order valence-corrected chi connectivity index (χ3v) is 2.57. The van der Waals surface area contributed by atoms with Gasteiger partial charge in [0.05, 0.1) is 4.92 Å². The number of nitro benzene ring substituents is 1. The summed E-state index contributed by atoms with van der Waals surface area (Å²) in [7, 11) is 0. The van der Waals surface area contributed by atoms with Crippen LogP contribution in [0.1, 0.15) is 19.4 Å². The van der Waals surface area contributed by atoms with Crippen LogP contribution in [0.5, 0.6) is 5.75 Å². The summed E-state index contributed by atoms with van der Waals surface area (Å²) in [5.41, 5.74) is 0.599. The maximum Gasteiger partial charge on any atom is 0.311 e. The van der Waals surface area contributed by atoms with E-state index in [1.165, 1.54) is 6.07 Å². The Morgan fingerprint density at radius 3 is 2.74 bits per heavy atom. The molecule has 0 fully saturated rings. The summed E-state index contributed by atoms with van der Waals surface area (Å²) < 4.78 is 5.39. The van der Waals surface area contributed by atoms with Crippen LogP contribution in [0.4, 0.5) is 5.69 Å². The lowest BCUT2D eigenvalue weighted by molar-refractivity contribution is -0.386. The van der Waals surface area contributed by atoms with E-state index >= 15 is 0 Å². The third kappa shape index (κ3) is 4.84. The van der Waals surface area contributed by atoms with Gasteiger partial charge in [0, 0.05) is 18.7 Å². The normalized spacial score (nSPS) is 12.5. The minimum absolute atomic E-state index is 0.0193. The van der Waals surface area contributed by atoms with Gasteiger partial charge in [-0.1, -0.05) is 26.0 Å². The molecular formula is C13H20N2O4. The van der Waals surface area contributed by atoms with Crippen molar-refractivity contribution in [3.63, 3.8) is 0 Å². The predicted octanol–water partition coefficient (Wildman–Crippen LogP) is 1.64. The van der Waals surface area contributed by atoms with Crippen molar-refractivity contribution in [1.29, 1.82) is 0 Å². The maximum atomic E-state index is 10.9. The highest BCUT2D eigenvalue weighted by Gasteiger charge is 2.18. The van der Waals surface area contributed by atoms with Crippen molar-refractivity contribution in [1.82, 2.24) is 5.32 Å². The van der Waals surface area contributed by atoms with Gasteiger partial charge in [0.2, 0.25) is 0 Å². The Kier molecular flexibility index (Phi) is 5.72. The number of nitro groups is 1. The zero-order valence-corrected chi connectivity index (χ0v) is 11.4. The zero-order valence-electron chi connectivity index (χ0n) is 11.4. The Bertz CT molecular complexity index is 435. The van der Waals surface area contributed by atoms with E-state index in [2.05, 4.69) is 5.32 Å². The van der Waals surface area contributed by atoms with Crippen molar-refractivity contribution in [2.45, 2.75) is 32.9 Å². The molecule has 0 radical (unpaired) electrons. The molecule has 2 N–H and O–H groups in total. The molecule has 1 aromatic carbocycles. The maximum absolute atomic E-state index is 10.9. The minimum Gasteiger partial charge on any atom is -0.484 e. The van der Waals surface area contributed by atoms with Gasteiger partial charge in [-0.2, -0.15) is 0 Å². The molecule has 1 atom stereocenters. The van der Waals surface area contributed by atoms with E-state index in [0.29, 0.717) is 12.1 Å². The van der Waals surface area contributed by atoms with Crippen molar-refractivity contribution >= 4 is 5.69 Å². The largest absolute Gasteiger partial charge is 0.484 e. The lowest BCUT2D eigenvalue weighted by atomic mass is 10.2. The molecular weight excluding hydrogens is 248 g/mol. The van der Waals surface area contributed by atoms with Crippen LogP contribution in [0.3, 0.4) is 0 Å². The van der Waals surface area contributed by atoms with Crippen LogP contribution in [-0.2, 0) is 0 Å². The van der Waals surface area contributed by atoms with Gasteiger partial charge in [0.25, 0.3) is 0 Å². The standard InChI is InChI=1S/C13H20N2O4/c1-9(2)14-7-11(16)8-19-13-10(3)5-4-6-12(13)15(17)18/h4-6,9,11,14,16H,7-8H2,1-3H3. The van der Waals surface area contributed by atoms with Gasteiger partial charge in [-0.15, -0.1) is 0 Å². The Labute approximate surface area is 112 Å². The fourth-order valence-electron chi connectivity index (χ4n) is 1.58. The summed E-state index contributed by atoms with van der Waals surface area (Å²) in [6.45, 7) is 6.09. The van der Waals surface area contributed by atoms with Gasteiger partial charge < -0.3 is 15.2 Å². The fraction of sp³-hybridized carbons (Fsp3) is 0.538. The van der Waals surface area contributed by atoms with Gasteiger partial charge >= 0.3 is 5.69 Å². The number of aliphatic hydroxyl groups excluding tert-OH is 1. The summed E-state index contributed by atoms with van der Waals surface area (Å²) in [6, 6.07) is 5.00. The second-order valence-corrected chi connectivity index (χ2v) is 4.71. The van der Waals surface area contributed by atoms with Crippen LogP contribution in [0.15, 0.2) is 18.2 Å². The molecule has 19 heavy (non-hydrogen) atoms. The average Bonchev–Trinajstić information content (AvgIpc) is 2.34. The van der Waals surface area contributed by atoms with E-state index in [1.807, 2.05) is 13.8 Å². The number of aryl methyl sites for hydroxylation is 1. The van der Waals surface area contributed by atoms with Crippen LogP contribution in [0, 0.1) is 17.0 Å². The summed E-state index contributed by atoms with van der Waals surface area (Å²) in [4.78, 5) is 10.4. The Morgan fingerprint density at radius 2 is 2.16 bits per heavy atom. The van der Waals surface area contributed by atoms with Crippen molar-refractivity contribution in [3.8, 4) is 5.75 Å². The third-order valence-electron chi connectivity index (χ3n) is 2.57. The highest BCUT2D eigenvalue weighted by molar-refractivity contribution is 5.51. The molecule has 0 saturated heterocycles. The Balaban J connectivity index is 2.64. The quantitative estimate of drug-likeness (QED) is 0.580. The number of aliphatic hydroxyl groups is 1. The first-order valence-electron chi connectivity index (χ1n) is 6.20. The van der Waals surface area contributed by atoms with Crippen molar-refractivity contribution < 1.29 is 14.8 Å². The van der Waals surface area contributed by atoms with Gasteiger partial charge in [-0.25, -0.2) is 0 Å². The number of rotatable bonds is 7. The van der Waals surface area contributed by atoms with Gasteiger partial charge in [0.15, 0.2) is 5.75 Å². The number of nitrogens with one attached hydrogen (secondary N) is 1. The highest BCUT2D eigenvalue weighted by Crippen LogP contribution is 2.30. The lowest BCUT2D eigenvalue weighted by Crippen LogP contribution is -2.35. The van der Waals surface area contributed by atoms with Crippen molar-refractivity contribution in [2.24, 2.45) is 0 Å². The smallest absolute Gasteiger partial charge is 0.311 e. The summed E-state index contributed by atoms with van der Waals surface area (Å²) in [5, 5.41) is 23.7. The number of hydrogen-bond donors (Lipinski definition) is 2. The first-order valence-corrected chi connectivity index (χ1v) is 6.20. The first kappa shape index (κ1) is 15.4. The molecule has 0 aliphatic rings. The molecule has 1 unspecified atom stereocenters. The fourth-order valence-corrected chi connectivity index (χ4v) is 1.58. The van der Waals surface area contributed by atoms with E-state index < -0.39 is 11.0 Å². The molecule has 0 heterocycles. The molecule has 1 rings (SSSR count). The summed E-state index contributed by atoms with van der Waals surface area (Å²) in [6.07, 6.45) is -0.707. The van der Waals surface area contributed by atoms with E-state index in [4.69, 9.17) is 4.74 Å². The van der Waals surface area contributed by atoms with Crippen LogP contribution in [0.2, 0.25) is 0 Å². The van der Waals surface area contributed by atoms with Crippen LogP contribution >= 0.6 is 0 Å². The molecule has 0 saturated carbocycles. The lowest BCUT2D eigenvalue weighted by Gasteiger charge is -2.15. The molecule has 1 aromatic rings. The molecule has 0 spiro atoms. The number of ether oxygens (including phenoxy) is 1. The zero-order chi connectivity index (χ0) is 14.4. The van der Waals surface area contributed by atoms with E-state index in [9.17, 15) is 15.2 Å². The number of benzene rings is 1. The van der Waals surface area contributed by atoms with Crippen LogP contribution in [-0.4, -0.2) is 35.3 Å². The number of hydrogen-bond acceptors (Lipinski definition) is 5. The Hall–Kier alpha value is -1.66. The predicted molar refractivity (Wildman–Crippen MR) is 72.5 cm³/mol. The van der Waals surface area contributed by atoms with Gasteiger partial charge in [-0.3, -0.25) is 10.1 Å². The molecule has 0 aliphatic carbocycles. The highest BCUT2D eigenvalue weighted by atomic mass is 16.6. The van der Waals surface area contributed by atoms with E-state index in [1.54, 1.807) is 19.1 Å². The molecule has 0 aromatic heterocycles.